The Morgan fingerprint density at radius 2 is 1.96 bits per heavy atom. The second kappa shape index (κ2) is 4.97. The number of H-pyrrole nitrogens is 1. The standard InChI is InChI=1S/C12H10F3N2O5P/c13-12(14,15)6-1-4-9-8(5-6)16-10(18)11(19)17(9)22-23(20,21)7-2-3-7/h1,4-5,7H,2-3H2,(H,16,18)(H,20,21). The Morgan fingerprint density at radius 1 is 1.30 bits per heavy atom. The molecule has 1 aliphatic carbocycles. The molecule has 23 heavy (non-hydrogen) atoms. The van der Waals surface area contributed by atoms with Crippen molar-refractivity contribution in [3.05, 3.63) is 44.5 Å². The van der Waals surface area contributed by atoms with Crippen molar-refractivity contribution in [1.29, 1.82) is 0 Å². The highest BCUT2D eigenvalue weighted by atomic mass is 31.2. The van der Waals surface area contributed by atoms with Crippen LogP contribution in [0.4, 0.5) is 13.2 Å². The van der Waals surface area contributed by atoms with Crippen molar-refractivity contribution in [3.8, 4) is 0 Å². The molecule has 124 valence electrons. The van der Waals surface area contributed by atoms with Crippen LogP contribution in [0, 0.1) is 0 Å². The van der Waals surface area contributed by atoms with E-state index in [9.17, 15) is 32.2 Å². The first-order chi connectivity index (χ1) is 10.6. The number of nitrogens with one attached hydrogen (secondary N) is 1. The zero-order valence-corrected chi connectivity index (χ0v) is 12.2. The molecular weight excluding hydrogens is 340 g/mol. The molecule has 1 fully saturated rings. The van der Waals surface area contributed by atoms with E-state index in [1.807, 2.05) is 4.98 Å². The van der Waals surface area contributed by atoms with Crippen molar-refractivity contribution in [2.24, 2.45) is 0 Å². The third kappa shape index (κ3) is 2.91. The van der Waals surface area contributed by atoms with Gasteiger partial charge in [-0.05, 0) is 31.0 Å². The van der Waals surface area contributed by atoms with Crippen LogP contribution in [0.1, 0.15) is 18.4 Å². The van der Waals surface area contributed by atoms with Gasteiger partial charge in [-0.15, -0.1) is 4.73 Å². The Morgan fingerprint density at radius 3 is 2.52 bits per heavy atom. The van der Waals surface area contributed by atoms with Crippen molar-refractivity contribution in [1.82, 2.24) is 9.71 Å². The van der Waals surface area contributed by atoms with E-state index < -0.39 is 36.1 Å². The third-order valence-electron chi connectivity index (χ3n) is 3.38. The topological polar surface area (TPSA) is 101 Å². The molecule has 1 heterocycles. The monoisotopic (exact) mass is 350 g/mol. The molecule has 0 bridgehead atoms. The van der Waals surface area contributed by atoms with Crippen LogP contribution in [-0.4, -0.2) is 20.3 Å². The number of aromatic nitrogens is 2. The van der Waals surface area contributed by atoms with Gasteiger partial charge in [0.2, 0.25) is 0 Å². The quantitative estimate of drug-likeness (QED) is 0.645. The summed E-state index contributed by atoms with van der Waals surface area (Å²) >= 11 is 0. The molecule has 0 spiro atoms. The van der Waals surface area contributed by atoms with Crippen LogP contribution in [-0.2, 0) is 10.7 Å². The molecule has 11 heteroatoms. The van der Waals surface area contributed by atoms with E-state index in [0.29, 0.717) is 25.0 Å². The Labute approximate surface area is 125 Å². The molecule has 0 aliphatic heterocycles. The zero-order valence-electron chi connectivity index (χ0n) is 11.3. The summed E-state index contributed by atoms with van der Waals surface area (Å²) in [5.74, 6) is 0. The van der Waals surface area contributed by atoms with Crippen LogP contribution in [0.25, 0.3) is 11.0 Å². The fourth-order valence-electron chi connectivity index (χ4n) is 2.03. The normalized spacial score (nSPS) is 17.9. The van der Waals surface area contributed by atoms with Gasteiger partial charge in [0.1, 0.15) is 5.52 Å². The second-order valence-electron chi connectivity index (χ2n) is 5.16. The average Bonchev–Trinajstić information content (AvgIpc) is 3.27. The molecule has 1 atom stereocenters. The predicted octanol–water partition coefficient (Wildman–Crippen LogP) is 1.48. The van der Waals surface area contributed by atoms with Gasteiger partial charge in [0, 0.05) is 0 Å². The zero-order chi connectivity index (χ0) is 17.0. The Bertz CT molecular complexity index is 944. The van der Waals surface area contributed by atoms with Crippen LogP contribution < -0.4 is 15.7 Å². The van der Waals surface area contributed by atoms with E-state index in [0.717, 1.165) is 6.07 Å². The van der Waals surface area contributed by atoms with Gasteiger partial charge in [0.25, 0.3) is 0 Å². The van der Waals surface area contributed by atoms with Crippen molar-refractivity contribution in [3.63, 3.8) is 0 Å². The van der Waals surface area contributed by atoms with Gasteiger partial charge >= 0.3 is 24.9 Å². The van der Waals surface area contributed by atoms with Gasteiger partial charge in [-0.1, -0.05) is 0 Å². The first-order valence-corrected chi connectivity index (χ1v) is 8.13. The minimum atomic E-state index is -4.65. The second-order valence-corrected chi connectivity index (χ2v) is 7.18. The fraction of sp³-hybridized carbons (Fsp3) is 0.333. The number of hydrogen-bond donors (Lipinski definition) is 2. The summed E-state index contributed by atoms with van der Waals surface area (Å²) in [5, 5.41) is 0. The molecule has 0 saturated heterocycles. The molecule has 0 amide bonds. The summed E-state index contributed by atoms with van der Waals surface area (Å²) < 4.78 is 55.2. The molecule has 1 saturated carbocycles. The summed E-state index contributed by atoms with van der Waals surface area (Å²) in [4.78, 5) is 35.1. The van der Waals surface area contributed by atoms with Crippen LogP contribution in [0.2, 0.25) is 0 Å². The maximum atomic E-state index is 12.7. The first-order valence-electron chi connectivity index (χ1n) is 6.48. The number of fused-ring (bicyclic) bond motifs is 1. The molecular formula is C12H10F3N2O5P. The molecule has 2 aromatic rings. The van der Waals surface area contributed by atoms with Crippen molar-refractivity contribution in [2.75, 3.05) is 0 Å². The minimum Gasteiger partial charge on any atom is -0.328 e. The van der Waals surface area contributed by atoms with Crippen molar-refractivity contribution < 1.29 is 27.3 Å². The van der Waals surface area contributed by atoms with Crippen molar-refractivity contribution >= 4 is 18.6 Å². The SMILES string of the molecule is O=c1[nH]c2cc(C(F)(F)F)ccc2n(OP(=O)(O)C2CC2)c1=O. The van der Waals surface area contributed by atoms with E-state index in [1.54, 1.807) is 0 Å². The number of hydrogen-bond acceptors (Lipinski definition) is 4. The van der Waals surface area contributed by atoms with Gasteiger partial charge in [-0.25, -0.2) is 4.57 Å². The number of aromatic amines is 1. The van der Waals surface area contributed by atoms with Crippen LogP contribution in [0.5, 0.6) is 0 Å². The summed E-state index contributed by atoms with van der Waals surface area (Å²) in [6.45, 7) is 0. The lowest BCUT2D eigenvalue weighted by atomic mass is 10.2. The molecule has 1 aliphatic rings. The van der Waals surface area contributed by atoms with Gasteiger partial charge in [0.15, 0.2) is 0 Å². The molecule has 1 aromatic carbocycles. The third-order valence-corrected chi connectivity index (χ3v) is 5.21. The van der Waals surface area contributed by atoms with E-state index >= 15 is 0 Å². The number of nitrogens with zero attached hydrogens (tertiary/aromatic N) is 1. The highest BCUT2D eigenvalue weighted by Crippen LogP contribution is 2.55. The Kier molecular flexibility index (Phi) is 3.42. The van der Waals surface area contributed by atoms with Crippen LogP contribution in [0.15, 0.2) is 27.8 Å². The summed E-state index contributed by atoms with van der Waals surface area (Å²) in [6, 6.07) is 2.19. The predicted molar refractivity (Wildman–Crippen MR) is 73.3 cm³/mol. The van der Waals surface area contributed by atoms with Gasteiger partial charge in [-0.2, -0.15) is 13.2 Å². The minimum absolute atomic E-state index is 0.238. The number of rotatable bonds is 3. The van der Waals surface area contributed by atoms with Gasteiger partial charge in [-0.3, -0.25) is 9.59 Å². The Hall–Kier alpha value is -2.06. The largest absolute Gasteiger partial charge is 0.416 e. The highest BCUT2D eigenvalue weighted by molar-refractivity contribution is 7.54. The lowest BCUT2D eigenvalue weighted by molar-refractivity contribution is -0.137. The summed E-state index contributed by atoms with van der Waals surface area (Å²) in [6.07, 6.45) is -3.78. The van der Waals surface area contributed by atoms with E-state index in [4.69, 9.17) is 4.62 Å². The van der Waals surface area contributed by atoms with E-state index in [1.165, 1.54) is 0 Å². The number of halogens is 3. The number of alkyl halides is 3. The fourth-order valence-corrected chi connectivity index (χ4v) is 3.36. The van der Waals surface area contributed by atoms with Crippen molar-refractivity contribution in [2.45, 2.75) is 24.7 Å². The summed E-state index contributed by atoms with van der Waals surface area (Å²) in [7, 11) is -4.18. The maximum absolute atomic E-state index is 12.7. The molecule has 1 aromatic heterocycles. The van der Waals surface area contributed by atoms with E-state index in [2.05, 4.69) is 0 Å². The van der Waals surface area contributed by atoms with Crippen LogP contribution >= 0.6 is 7.60 Å². The molecule has 2 N–H and O–H groups in total. The molecule has 1 unspecified atom stereocenters. The molecule has 7 nitrogen and oxygen atoms in total. The molecule has 3 rings (SSSR count). The number of benzene rings is 1. The van der Waals surface area contributed by atoms with Crippen LogP contribution in [0.3, 0.4) is 0 Å². The van der Waals surface area contributed by atoms with Gasteiger partial charge < -0.3 is 14.5 Å². The highest BCUT2D eigenvalue weighted by Gasteiger charge is 2.43. The first kappa shape index (κ1) is 15.8. The maximum Gasteiger partial charge on any atom is 0.416 e. The lowest BCUT2D eigenvalue weighted by Gasteiger charge is -2.15. The van der Waals surface area contributed by atoms with E-state index in [-0.39, 0.29) is 15.8 Å². The summed E-state index contributed by atoms with van der Waals surface area (Å²) in [5.41, 5.74) is -4.80. The Balaban J connectivity index is 2.20. The lowest BCUT2D eigenvalue weighted by Crippen LogP contribution is -2.39. The average molecular weight is 350 g/mol. The van der Waals surface area contributed by atoms with Gasteiger partial charge in [0.05, 0.1) is 16.7 Å². The molecule has 0 radical (unpaired) electrons. The smallest absolute Gasteiger partial charge is 0.328 e.